The SMILES string of the molecule is CCn1cc(-c2ccc(OCC(=O)O)cc2)nn1. The van der Waals surface area contributed by atoms with E-state index in [2.05, 4.69) is 10.3 Å². The minimum atomic E-state index is -0.995. The highest BCUT2D eigenvalue weighted by atomic mass is 16.5. The topological polar surface area (TPSA) is 77.2 Å². The average molecular weight is 247 g/mol. The Morgan fingerprint density at radius 2 is 2.11 bits per heavy atom. The molecule has 6 heteroatoms. The van der Waals surface area contributed by atoms with Crippen LogP contribution in [-0.2, 0) is 11.3 Å². The van der Waals surface area contributed by atoms with E-state index in [0.717, 1.165) is 17.8 Å². The van der Waals surface area contributed by atoms with Crippen LogP contribution in [0.1, 0.15) is 6.92 Å². The highest BCUT2D eigenvalue weighted by Gasteiger charge is 2.04. The van der Waals surface area contributed by atoms with Gasteiger partial charge in [0.05, 0.1) is 6.20 Å². The zero-order chi connectivity index (χ0) is 13.0. The molecule has 1 N–H and O–H groups in total. The molecule has 94 valence electrons. The van der Waals surface area contributed by atoms with Gasteiger partial charge in [0.15, 0.2) is 6.61 Å². The van der Waals surface area contributed by atoms with Gasteiger partial charge in [0.1, 0.15) is 11.4 Å². The van der Waals surface area contributed by atoms with E-state index in [9.17, 15) is 4.79 Å². The number of ether oxygens (including phenoxy) is 1. The lowest BCUT2D eigenvalue weighted by molar-refractivity contribution is -0.139. The van der Waals surface area contributed by atoms with Gasteiger partial charge in [-0.25, -0.2) is 4.79 Å². The first-order chi connectivity index (χ1) is 8.69. The number of hydrogen-bond acceptors (Lipinski definition) is 4. The van der Waals surface area contributed by atoms with Crippen molar-refractivity contribution >= 4 is 5.97 Å². The van der Waals surface area contributed by atoms with Crippen molar-refractivity contribution < 1.29 is 14.6 Å². The lowest BCUT2D eigenvalue weighted by Gasteiger charge is -2.03. The number of aliphatic carboxylic acids is 1. The number of aryl methyl sites for hydroxylation is 1. The predicted molar refractivity (Wildman–Crippen MR) is 64.3 cm³/mol. The molecule has 18 heavy (non-hydrogen) atoms. The standard InChI is InChI=1S/C12H13N3O3/c1-2-15-7-11(13-14-15)9-3-5-10(6-4-9)18-8-12(16)17/h3-7H,2,8H2,1H3,(H,16,17). The molecular formula is C12H13N3O3. The van der Waals surface area contributed by atoms with Gasteiger partial charge in [0, 0.05) is 12.1 Å². The van der Waals surface area contributed by atoms with Gasteiger partial charge < -0.3 is 9.84 Å². The van der Waals surface area contributed by atoms with Crippen LogP contribution in [0.15, 0.2) is 30.5 Å². The summed E-state index contributed by atoms with van der Waals surface area (Å²) in [7, 11) is 0. The highest BCUT2D eigenvalue weighted by molar-refractivity contribution is 5.68. The number of nitrogens with zero attached hydrogens (tertiary/aromatic N) is 3. The van der Waals surface area contributed by atoms with Crippen molar-refractivity contribution in [3.8, 4) is 17.0 Å². The molecule has 0 saturated heterocycles. The van der Waals surface area contributed by atoms with Crippen LogP contribution in [0.4, 0.5) is 0 Å². The van der Waals surface area contributed by atoms with Crippen LogP contribution in [0.3, 0.4) is 0 Å². The summed E-state index contributed by atoms with van der Waals surface area (Å²) in [6.45, 7) is 2.42. The van der Waals surface area contributed by atoms with Gasteiger partial charge in [-0.1, -0.05) is 5.21 Å². The summed E-state index contributed by atoms with van der Waals surface area (Å²) in [5.74, 6) is -0.478. The maximum atomic E-state index is 10.4. The Labute approximate surface area is 104 Å². The first-order valence-electron chi connectivity index (χ1n) is 5.54. The Bertz CT molecular complexity index is 534. The van der Waals surface area contributed by atoms with Gasteiger partial charge in [0.25, 0.3) is 0 Å². The molecule has 0 atom stereocenters. The molecule has 2 rings (SSSR count). The van der Waals surface area contributed by atoms with Crippen molar-refractivity contribution in [1.29, 1.82) is 0 Å². The fraction of sp³-hybridized carbons (Fsp3) is 0.250. The summed E-state index contributed by atoms with van der Waals surface area (Å²) in [4.78, 5) is 10.4. The smallest absolute Gasteiger partial charge is 0.341 e. The fourth-order valence-corrected chi connectivity index (χ4v) is 1.45. The summed E-state index contributed by atoms with van der Waals surface area (Å²) < 4.78 is 6.78. The molecule has 1 aromatic carbocycles. The third-order valence-corrected chi connectivity index (χ3v) is 2.38. The monoisotopic (exact) mass is 247 g/mol. The van der Waals surface area contributed by atoms with Gasteiger partial charge in [-0.05, 0) is 31.2 Å². The Morgan fingerprint density at radius 1 is 1.39 bits per heavy atom. The molecule has 0 unspecified atom stereocenters. The van der Waals surface area contributed by atoms with Crippen molar-refractivity contribution in [2.75, 3.05) is 6.61 Å². The molecule has 0 aliphatic heterocycles. The molecule has 0 fully saturated rings. The number of rotatable bonds is 5. The Balaban J connectivity index is 2.09. The summed E-state index contributed by atoms with van der Waals surface area (Å²) in [6, 6.07) is 7.06. The molecule has 0 bridgehead atoms. The van der Waals surface area contributed by atoms with Gasteiger partial charge in [-0.3, -0.25) is 4.68 Å². The largest absolute Gasteiger partial charge is 0.482 e. The average Bonchev–Trinajstić information content (AvgIpc) is 2.85. The second kappa shape index (κ2) is 5.31. The van der Waals surface area contributed by atoms with Crippen LogP contribution in [0.25, 0.3) is 11.3 Å². The van der Waals surface area contributed by atoms with Crippen molar-refractivity contribution in [2.45, 2.75) is 13.5 Å². The fourth-order valence-electron chi connectivity index (χ4n) is 1.45. The lowest BCUT2D eigenvalue weighted by atomic mass is 10.2. The van der Waals surface area contributed by atoms with E-state index in [1.807, 2.05) is 25.3 Å². The van der Waals surface area contributed by atoms with E-state index in [4.69, 9.17) is 9.84 Å². The van der Waals surface area contributed by atoms with E-state index in [1.165, 1.54) is 0 Å². The number of hydrogen-bond donors (Lipinski definition) is 1. The van der Waals surface area contributed by atoms with Crippen LogP contribution < -0.4 is 4.74 Å². The van der Waals surface area contributed by atoms with Crippen molar-refractivity contribution in [3.63, 3.8) is 0 Å². The molecule has 0 spiro atoms. The van der Waals surface area contributed by atoms with Gasteiger partial charge >= 0.3 is 5.97 Å². The molecule has 0 amide bonds. The van der Waals surface area contributed by atoms with Gasteiger partial charge in [0.2, 0.25) is 0 Å². The van der Waals surface area contributed by atoms with Gasteiger partial charge in [-0.15, -0.1) is 5.10 Å². The summed E-state index contributed by atoms with van der Waals surface area (Å²) >= 11 is 0. The second-order valence-corrected chi connectivity index (χ2v) is 3.67. The second-order valence-electron chi connectivity index (χ2n) is 3.67. The molecule has 0 saturated carbocycles. The first-order valence-corrected chi connectivity index (χ1v) is 5.54. The minimum absolute atomic E-state index is 0.342. The molecule has 6 nitrogen and oxygen atoms in total. The molecule has 1 aromatic heterocycles. The Kier molecular flexibility index (Phi) is 3.57. The van der Waals surface area contributed by atoms with Crippen molar-refractivity contribution in [2.24, 2.45) is 0 Å². The first kappa shape index (κ1) is 12.1. The number of benzene rings is 1. The minimum Gasteiger partial charge on any atom is -0.482 e. The van der Waals surface area contributed by atoms with E-state index in [-0.39, 0.29) is 6.61 Å². The van der Waals surface area contributed by atoms with Crippen molar-refractivity contribution in [3.05, 3.63) is 30.5 Å². The zero-order valence-electron chi connectivity index (χ0n) is 9.91. The summed E-state index contributed by atoms with van der Waals surface area (Å²) in [5.41, 5.74) is 1.69. The highest BCUT2D eigenvalue weighted by Crippen LogP contribution is 2.20. The van der Waals surface area contributed by atoms with E-state index >= 15 is 0 Å². The maximum absolute atomic E-state index is 10.4. The van der Waals surface area contributed by atoms with Crippen LogP contribution in [-0.4, -0.2) is 32.7 Å². The quantitative estimate of drug-likeness (QED) is 0.864. The number of carbonyl (C=O) groups is 1. The summed E-state index contributed by atoms with van der Waals surface area (Å²) in [6.07, 6.45) is 1.85. The van der Waals surface area contributed by atoms with Crippen LogP contribution in [0.2, 0.25) is 0 Å². The number of carboxylic acids is 1. The predicted octanol–water partition coefficient (Wildman–Crippen LogP) is 1.43. The van der Waals surface area contributed by atoms with E-state index < -0.39 is 5.97 Å². The van der Waals surface area contributed by atoms with Crippen LogP contribution in [0.5, 0.6) is 5.75 Å². The third-order valence-electron chi connectivity index (χ3n) is 2.38. The lowest BCUT2D eigenvalue weighted by Crippen LogP contribution is -2.09. The maximum Gasteiger partial charge on any atom is 0.341 e. The van der Waals surface area contributed by atoms with Crippen molar-refractivity contribution in [1.82, 2.24) is 15.0 Å². The zero-order valence-corrected chi connectivity index (χ0v) is 9.91. The third kappa shape index (κ3) is 2.85. The molecule has 1 heterocycles. The summed E-state index contributed by atoms with van der Waals surface area (Å²) in [5, 5.41) is 16.5. The Hall–Kier alpha value is -2.37. The number of carboxylic acid groups (broad SMARTS) is 1. The van der Waals surface area contributed by atoms with E-state index in [1.54, 1.807) is 16.8 Å². The van der Waals surface area contributed by atoms with Crippen LogP contribution in [0, 0.1) is 0 Å². The normalized spacial score (nSPS) is 10.3. The van der Waals surface area contributed by atoms with Gasteiger partial charge in [-0.2, -0.15) is 0 Å². The number of aromatic nitrogens is 3. The molecule has 0 aliphatic rings. The molecule has 0 radical (unpaired) electrons. The Morgan fingerprint density at radius 3 is 2.67 bits per heavy atom. The molecular weight excluding hydrogens is 234 g/mol. The molecule has 0 aliphatic carbocycles. The van der Waals surface area contributed by atoms with E-state index in [0.29, 0.717) is 5.75 Å². The van der Waals surface area contributed by atoms with Crippen LogP contribution >= 0.6 is 0 Å². The molecule has 2 aromatic rings.